The number of hydrogen-bond acceptors (Lipinski definition) is 3. The van der Waals surface area contributed by atoms with Crippen molar-refractivity contribution in [2.75, 3.05) is 13.1 Å². The number of hydrogen-bond donors (Lipinski definition) is 1. The van der Waals surface area contributed by atoms with Gasteiger partial charge in [-0.15, -0.1) is 0 Å². The maximum absolute atomic E-state index is 12.3. The van der Waals surface area contributed by atoms with Crippen LogP contribution in [0.3, 0.4) is 0 Å². The second-order valence-corrected chi connectivity index (χ2v) is 6.87. The molecule has 0 heterocycles. The van der Waals surface area contributed by atoms with Gasteiger partial charge in [-0.05, 0) is 47.2 Å². The van der Waals surface area contributed by atoms with Crippen molar-refractivity contribution >= 4 is 38.6 Å². The Balaban J connectivity index is 3.12. The molecule has 18 heavy (non-hydrogen) atoms. The van der Waals surface area contributed by atoms with E-state index < -0.39 is 22.5 Å². The Morgan fingerprint density at radius 2 is 2.11 bits per heavy atom. The van der Waals surface area contributed by atoms with Crippen LogP contribution in [0, 0.1) is 3.57 Å². The van der Waals surface area contributed by atoms with Gasteiger partial charge in [0.2, 0.25) is 10.0 Å². The van der Waals surface area contributed by atoms with Crippen molar-refractivity contribution in [3.63, 3.8) is 0 Å². The molecule has 0 bridgehead atoms. The molecule has 0 unspecified atom stereocenters. The lowest BCUT2D eigenvalue weighted by molar-refractivity contribution is -0.137. The second-order valence-electron chi connectivity index (χ2n) is 3.69. The number of halogens is 1. The minimum Gasteiger partial charge on any atom is -0.480 e. The Morgan fingerprint density at radius 3 is 2.61 bits per heavy atom. The van der Waals surface area contributed by atoms with Gasteiger partial charge in [-0.3, -0.25) is 4.79 Å². The lowest BCUT2D eigenvalue weighted by atomic mass is 10.4. The summed E-state index contributed by atoms with van der Waals surface area (Å²) in [6, 6.07) is 6.42. The highest BCUT2D eigenvalue weighted by Gasteiger charge is 2.25. The number of carboxylic acid groups (broad SMARTS) is 1. The standard InChI is InChI=1S/C11H14INO4S/c1-2-6-13(8-11(14)15)18(16,17)10-5-3-4-9(12)7-10/h3-5,7H,2,6,8H2,1H3,(H,14,15). The second kappa shape index (κ2) is 6.48. The molecule has 1 aromatic carbocycles. The topological polar surface area (TPSA) is 74.7 Å². The van der Waals surface area contributed by atoms with Gasteiger partial charge in [-0.1, -0.05) is 13.0 Å². The molecule has 0 saturated carbocycles. The molecule has 0 aliphatic carbocycles. The van der Waals surface area contributed by atoms with Crippen LogP contribution in [-0.2, 0) is 14.8 Å². The van der Waals surface area contributed by atoms with Crippen LogP contribution in [-0.4, -0.2) is 36.9 Å². The van der Waals surface area contributed by atoms with E-state index in [2.05, 4.69) is 0 Å². The molecular weight excluding hydrogens is 369 g/mol. The van der Waals surface area contributed by atoms with Crippen LogP contribution < -0.4 is 0 Å². The van der Waals surface area contributed by atoms with Crippen LogP contribution in [0.4, 0.5) is 0 Å². The maximum Gasteiger partial charge on any atom is 0.318 e. The van der Waals surface area contributed by atoms with Crippen LogP contribution in [0.1, 0.15) is 13.3 Å². The Labute approximate surface area is 120 Å². The number of carboxylic acids is 1. The van der Waals surface area contributed by atoms with Gasteiger partial charge in [0.15, 0.2) is 0 Å². The van der Waals surface area contributed by atoms with E-state index in [1.807, 2.05) is 22.6 Å². The highest BCUT2D eigenvalue weighted by Crippen LogP contribution is 2.18. The molecule has 5 nitrogen and oxygen atoms in total. The number of rotatable bonds is 6. The van der Waals surface area contributed by atoms with Crippen LogP contribution in [0.25, 0.3) is 0 Å². The molecule has 0 fully saturated rings. The summed E-state index contributed by atoms with van der Waals surface area (Å²) in [5, 5.41) is 8.77. The Kier molecular flexibility index (Phi) is 5.54. The van der Waals surface area contributed by atoms with Gasteiger partial charge in [0.05, 0.1) is 4.90 Å². The van der Waals surface area contributed by atoms with E-state index in [0.717, 1.165) is 7.88 Å². The average Bonchev–Trinajstić information content (AvgIpc) is 2.28. The van der Waals surface area contributed by atoms with E-state index in [0.29, 0.717) is 6.42 Å². The molecule has 1 rings (SSSR count). The predicted molar refractivity (Wildman–Crippen MR) is 75.8 cm³/mol. The van der Waals surface area contributed by atoms with E-state index in [9.17, 15) is 13.2 Å². The van der Waals surface area contributed by atoms with Gasteiger partial charge in [0, 0.05) is 10.1 Å². The van der Waals surface area contributed by atoms with Gasteiger partial charge in [-0.25, -0.2) is 8.42 Å². The molecule has 0 aromatic heterocycles. The fourth-order valence-corrected chi connectivity index (χ4v) is 3.74. The fourth-order valence-electron chi connectivity index (χ4n) is 1.46. The normalized spacial score (nSPS) is 11.7. The summed E-state index contributed by atoms with van der Waals surface area (Å²) in [7, 11) is -3.73. The summed E-state index contributed by atoms with van der Waals surface area (Å²) >= 11 is 2.02. The summed E-state index contributed by atoms with van der Waals surface area (Å²) in [6.07, 6.45) is 0.566. The SMILES string of the molecule is CCCN(CC(=O)O)S(=O)(=O)c1cccc(I)c1. The first-order chi connectivity index (χ1) is 8.37. The molecule has 1 N–H and O–H groups in total. The van der Waals surface area contributed by atoms with Crippen molar-refractivity contribution in [1.29, 1.82) is 0 Å². The molecule has 1 aromatic rings. The lowest BCUT2D eigenvalue weighted by Crippen LogP contribution is -2.36. The third-order valence-corrected chi connectivity index (χ3v) is 4.73. The van der Waals surface area contributed by atoms with E-state index in [1.165, 1.54) is 12.1 Å². The van der Waals surface area contributed by atoms with Crippen molar-refractivity contribution in [3.05, 3.63) is 27.8 Å². The molecule has 0 amide bonds. The molecule has 0 radical (unpaired) electrons. The number of aliphatic carboxylic acids is 1. The smallest absolute Gasteiger partial charge is 0.318 e. The summed E-state index contributed by atoms with van der Waals surface area (Å²) < 4.78 is 26.3. The Morgan fingerprint density at radius 1 is 1.44 bits per heavy atom. The summed E-state index contributed by atoms with van der Waals surface area (Å²) in [5.74, 6) is -1.15. The Bertz CT molecular complexity index is 530. The van der Waals surface area contributed by atoms with Gasteiger partial charge in [0.25, 0.3) is 0 Å². The van der Waals surface area contributed by atoms with Crippen LogP contribution in [0.2, 0.25) is 0 Å². The zero-order valence-electron chi connectivity index (χ0n) is 9.84. The van der Waals surface area contributed by atoms with Crippen LogP contribution in [0.5, 0.6) is 0 Å². The zero-order valence-corrected chi connectivity index (χ0v) is 12.8. The van der Waals surface area contributed by atoms with Gasteiger partial charge < -0.3 is 5.11 Å². The van der Waals surface area contributed by atoms with Crippen molar-refractivity contribution in [2.24, 2.45) is 0 Å². The number of nitrogens with zero attached hydrogens (tertiary/aromatic N) is 1. The first kappa shape index (κ1) is 15.4. The van der Waals surface area contributed by atoms with Crippen molar-refractivity contribution in [2.45, 2.75) is 18.2 Å². The highest BCUT2D eigenvalue weighted by molar-refractivity contribution is 14.1. The maximum atomic E-state index is 12.3. The number of carbonyl (C=O) groups is 1. The largest absolute Gasteiger partial charge is 0.480 e. The molecule has 0 aliphatic rings. The van der Waals surface area contributed by atoms with E-state index in [-0.39, 0.29) is 11.4 Å². The van der Waals surface area contributed by atoms with Gasteiger partial charge >= 0.3 is 5.97 Å². The number of benzene rings is 1. The summed E-state index contributed by atoms with van der Waals surface area (Å²) in [5.41, 5.74) is 0. The molecule has 100 valence electrons. The monoisotopic (exact) mass is 383 g/mol. The Hall–Kier alpha value is -0.670. The fraction of sp³-hybridized carbons (Fsp3) is 0.364. The molecule has 0 atom stereocenters. The van der Waals surface area contributed by atoms with Crippen molar-refractivity contribution in [3.8, 4) is 0 Å². The highest BCUT2D eigenvalue weighted by atomic mass is 127. The molecule has 0 aliphatic heterocycles. The predicted octanol–water partition coefficient (Wildman–Crippen LogP) is 1.78. The summed E-state index contributed by atoms with van der Waals surface area (Å²) in [4.78, 5) is 10.9. The minimum atomic E-state index is -3.73. The first-order valence-corrected chi connectivity index (χ1v) is 7.87. The van der Waals surface area contributed by atoms with E-state index in [1.54, 1.807) is 19.1 Å². The van der Waals surface area contributed by atoms with E-state index in [4.69, 9.17) is 5.11 Å². The first-order valence-electron chi connectivity index (χ1n) is 5.35. The van der Waals surface area contributed by atoms with Crippen LogP contribution >= 0.6 is 22.6 Å². The molecule has 7 heteroatoms. The average molecular weight is 383 g/mol. The van der Waals surface area contributed by atoms with Gasteiger partial charge in [0.1, 0.15) is 6.54 Å². The van der Waals surface area contributed by atoms with Gasteiger partial charge in [-0.2, -0.15) is 4.31 Å². The quantitative estimate of drug-likeness (QED) is 0.760. The van der Waals surface area contributed by atoms with E-state index >= 15 is 0 Å². The van der Waals surface area contributed by atoms with Crippen molar-refractivity contribution in [1.82, 2.24) is 4.31 Å². The van der Waals surface area contributed by atoms with Crippen molar-refractivity contribution < 1.29 is 18.3 Å². The third-order valence-electron chi connectivity index (χ3n) is 2.22. The lowest BCUT2D eigenvalue weighted by Gasteiger charge is -2.19. The third kappa shape index (κ3) is 3.92. The minimum absolute atomic E-state index is 0.129. The van der Waals surface area contributed by atoms with Crippen LogP contribution in [0.15, 0.2) is 29.2 Å². The molecule has 0 spiro atoms. The molecular formula is C11H14INO4S. The number of sulfonamides is 1. The zero-order chi connectivity index (χ0) is 13.8. The molecule has 0 saturated heterocycles. The summed E-state index contributed by atoms with van der Waals surface area (Å²) in [6.45, 7) is 1.49.